The number of amides is 1. The third-order valence-corrected chi connectivity index (χ3v) is 6.82. The molecule has 1 N–H and O–H groups in total. The Morgan fingerprint density at radius 1 is 0.941 bits per heavy atom. The van der Waals surface area contributed by atoms with Gasteiger partial charge in [-0.3, -0.25) is 4.79 Å². The summed E-state index contributed by atoms with van der Waals surface area (Å²) in [7, 11) is 1.67. The Morgan fingerprint density at radius 2 is 1.62 bits per heavy atom. The lowest BCUT2D eigenvalue weighted by Gasteiger charge is -2.31. The molecule has 1 aliphatic rings. The van der Waals surface area contributed by atoms with E-state index < -0.39 is 5.54 Å². The minimum atomic E-state index is -0.416. The third-order valence-electron chi connectivity index (χ3n) is 6.82. The molecule has 0 atom stereocenters. The topological polar surface area (TPSA) is 56.1 Å². The highest BCUT2D eigenvalue weighted by molar-refractivity contribution is 6.01. The highest BCUT2D eigenvalue weighted by Gasteiger charge is 2.39. The SMILES string of the molecule is COc1cccc(C2(NC(=O)c3c(-c4ccccc4)nn(-c4ccccc4)c3C)CCCC2)c1. The number of carbonyl (C=O) groups excluding carboxylic acids is 1. The van der Waals surface area contributed by atoms with Crippen molar-refractivity contribution in [2.75, 3.05) is 7.11 Å². The van der Waals surface area contributed by atoms with E-state index in [4.69, 9.17) is 9.84 Å². The van der Waals surface area contributed by atoms with Crippen LogP contribution in [0, 0.1) is 6.92 Å². The predicted molar refractivity (Wildman–Crippen MR) is 134 cm³/mol. The molecule has 0 radical (unpaired) electrons. The summed E-state index contributed by atoms with van der Waals surface area (Å²) in [5.74, 6) is 0.708. The van der Waals surface area contributed by atoms with E-state index in [0.717, 1.165) is 53.9 Å². The Kier molecular flexibility index (Phi) is 5.93. The Bertz CT molecular complexity index is 1290. The van der Waals surface area contributed by atoms with Crippen LogP contribution in [0.4, 0.5) is 0 Å². The molecule has 1 aromatic heterocycles. The van der Waals surface area contributed by atoms with Gasteiger partial charge in [0, 0.05) is 5.56 Å². The normalized spacial score (nSPS) is 14.6. The quantitative estimate of drug-likeness (QED) is 0.388. The zero-order valence-corrected chi connectivity index (χ0v) is 19.6. The van der Waals surface area contributed by atoms with Crippen molar-refractivity contribution in [2.24, 2.45) is 0 Å². The number of para-hydroxylation sites is 1. The first kappa shape index (κ1) is 22.0. The Morgan fingerprint density at radius 3 is 2.29 bits per heavy atom. The lowest BCUT2D eigenvalue weighted by Crippen LogP contribution is -2.44. The monoisotopic (exact) mass is 451 g/mol. The molecule has 1 saturated carbocycles. The second-order valence-electron chi connectivity index (χ2n) is 8.90. The second-order valence-corrected chi connectivity index (χ2v) is 8.90. The van der Waals surface area contributed by atoms with Crippen molar-refractivity contribution in [1.82, 2.24) is 15.1 Å². The molecule has 3 aromatic carbocycles. The van der Waals surface area contributed by atoms with Gasteiger partial charge in [-0.1, -0.05) is 73.5 Å². The van der Waals surface area contributed by atoms with Gasteiger partial charge in [-0.25, -0.2) is 4.68 Å². The van der Waals surface area contributed by atoms with E-state index in [1.807, 2.05) is 90.5 Å². The molecule has 0 spiro atoms. The fourth-order valence-corrected chi connectivity index (χ4v) is 5.06. The first-order valence-corrected chi connectivity index (χ1v) is 11.8. The van der Waals surface area contributed by atoms with Crippen LogP contribution in [0.5, 0.6) is 5.75 Å². The molecule has 0 bridgehead atoms. The minimum absolute atomic E-state index is 0.0942. The summed E-state index contributed by atoms with van der Waals surface area (Å²) in [6.07, 6.45) is 3.95. The molecule has 0 unspecified atom stereocenters. The summed E-state index contributed by atoms with van der Waals surface area (Å²) in [4.78, 5) is 14.0. The average Bonchev–Trinajstić information content (AvgIpc) is 3.50. The number of aromatic nitrogens is 2. The zero-order valence-electron chi connectivity index (χ0n) is 19.6. The third kappa shape index (κ3) is 3.98. The average molecular weight is 452 g/mol. The molecule has 1 amide bonds. The van der Waals surface area contributed by atoms with Crippen molar-refractivity contribution in [1.29, 1.82) is 0 Å². The highest BCUT2D eigenvalue weighted by atomic mass is 16.5. The lowest BCUT2D eigenvalue weighted by atomic mass is 9.87. The maximum atomic E-state index is 14.0. The molecule has 0 aliphatic heterocycles. The van der Waals surface area contributed by atoms with Crippen LogP contribution < -0.4 is 10.1 Å². The molecule has 172 valence electrons. The van der Waals surface area contributed by atoms with Crippen LogP contribution in [0.15, 0.2) is 84.9 Å². The summed E-state index contributed by atoms with van der Waals surface area (Å²) in [6.45, 7) is 1.97. The maximum absolute atomic E-state index is 14.0. The number of hydrogen-bond acceptors (Lipinski definition) is 3. The number of benzene rings is 3. The van der Waals surface area contributed by atoms with Crippen molar-refractivity contribution >= 4 is 5.91 Å². The Hall–Kier alpha value is -3.86. The van der Waals surface area contributed by atoms with Gasteiger partial charge in [0.1, 0.15) is 11.4 Å². The molecule has 1 heterocycles. The van der Waals surface area contributed by atoms with E-state index in [9.17, 15) is 4.79 Å². The number of nitrogens with one attached hydrogen (secondary N) is 1. The van der Waals surface area contributed by atoms with Gasteiger partial charge in [-0.15, -0.1) is 0 Å². The summed E-state index contributed by atoms with van der Waals surface area (Å²) in [5.41, 5.74) is 4.66. The molecular formula is C29H29N3O2. The molecule has 5 heteroatoms. The van der Waals surface area contributed by atoms with Gasteiger partial charge in [0.25, 0.3) is 5.91 Å². The lowest BCUT2D eigenvalue weighted by molar-refractivity contribution is 0.0898. The number of rotatable bonds is 6. The van der Waals surface area contributed by atoms with E-state index in [2.05, 4.69) is 11.4 Å². The standard InChI is InChI=1S/C29H29N3O2/c1-21-26(27(22-12-5-3-6-13-22)31-32(21)24-15-7-4-8-16-24)28(33)30-29(18-9-10-19-29)23-14-11-17-25(20-23)34-2/h3-8,11-17,20H,9-10,18-19H2,1-2H3,(H,30,33). The van der Waals surface area contributed by atoms with E-state index in [1.165, 1.54) is 0 Å². The van der Waals surface area contributed by atoms with Crippen molar-refractivity contribution in [3.05, 3.63) is 102 Å². The van der Waals surface area contributed by atoms with E-state index >= 15 is 0 Å². The van der Waals surface area contributed by atoms with Gasteiger partial charge in [0.05, 0.1) is 29.6 Å². The number of carbonyl (C=O) groups is 1. The highest BCUT2D eigenvalue weighted by Crippen LogP contribution is 2.40. The molecule has 1 fully saturated rings. The van der Waals surface area contributed by atoms with Crippen LogP contribution in [-0.4, -0.2) is 22.8 Å². The molecule has 4 aromatic rings. The number of ether oxygens (including phenoxy) is 1. The Balaban J connectivity index is 1.59. The van der Waals surface area contributed by atoms with Crippen molar-refractivity contribution in [2.45, 2.75) is 38.1 Å². The zero-order chi connectivity index (χ0) is 23.5. The Labute approximate surface area is 200 Å². The van der Waals surface area contributed by atoms with Gasteiger partial charge in [-0.2, -0.15) is 5.10 Å². The van der Waals surface area contributed by atoms with Crippen molar-refractivity contribution < 1.29 is 9.53 Å². The smallest absolute Gasteiger partial charge is 0.256 e. The molecule has 0 saturated heterocycles. The minimum Gasteiger partial charge on any atom is -0.497 e. The summed E-state index contributed by atoms with van der Waals surface area (Å²) in [5, 5.41) is 8.35. The van der Waals surface area contributed by atoms with Gasteiger partial charge in [-0.05, 0) is 49.6 Å². The maximum Gasteiger partial charge on any atom is 0.256 e. The summed E-state index contributed by atoms with van der Waals surface area (Å²) < 4.78 is 7.34. The van der Waals surface area contributed by atoms with Crippen LogP contribution in [0.25, 0.3) is 16.9 Å². The van der Waals surface area contributed by atoms with Gasteiger partial charge < -0.3 is 10.1 Å². The number of hydrogen-bond donors (Lipinski definition) is 1. The van der Waals surface area contributed by atoms with E-state index in [1.54, 1.807) is 7.11 Å². The molecule has 5 rings (SSSR count). The second kappa shape index (κ2) is 9.18. The van der Waals surface area contributed by atoms with Crippen LogP contribution in [-0.2, 0) is 5.54 Å². The summed E-state index contributed by atoms with van der Waals surface area (Å²) in [6, 6.07) is 27.9. The molecule has 5 nitrogen and oxygen atoms in total. The van der Waals surface area contributed by atoms with Crippen molar-refractivity contribution in [3.63, 3.8) is 0 Å². The number of methoxy groups -OCH3 is 1. The van der Waals surface area contributed by atoms with Crippen LogP contribution in [0.2, 0.25) is 0 Å². The largest absolute Gasteiger partial charge is 0.497 e. The van der Waals surface area contributed by atoms with E-state index in [0.29, 0.717) is 11.3 Å². The molecule has 1 aliphatic carbocycles. The number of nitrogens with zero attached hydrogens (tertiary/aromatic N) is 2. The van der Waals surface area contributed by atoms with Crippen LogP contribution >= 0.6 is 0 Å². The first-order valence-electron chi connectivity index (χ1n) is 11.8. The fourth-order valence-electron chi connectivity index (χ4n) is 5.06. The van der Waals surface area contributed by atoms with Crippen LogP contribution in [0.3, 0.4) is 0 Å². The predicted octanol–water partition coefficient (Wildman–Crippen LogP) is 6.06. The van der Waals surface area contributed by atoms with Gasteiger partial charge in [0.15, 0.2) is 0 Å². The van der Waals surface area contributed by atoms with Gasteiger partial charge >= 0.3 is 0 Å². The summed E-state index contributed by atoms with van der Waals surface area (Å²) >= 11 is 0. The fraction of sp³-hybridized carbons (Fsp3) is 0.241. The molecule has 34 heavy (non-hydrogen) atoms. The first-order chi connectivity index (χ1) is 16.6. The van der Waals surface area contributed by atoms with Gasteiger partial charge in [0.2, 0.25) is 0 Å². The molecular weight excluding hydrogens is 422 g/mol. The van der Waals surface area contributed by atoms with E-state index in [-0.39, 0.29) is 5.91 Å². The van der Waals surface area contributed by atoms with Crippen LogP contribution in [0.1, 0.15) is 47.3 Å². The van der Waals surface area contributed by atoms with Crippen molar-refractivity contribution in [3.8, 4) is 22.7 Å².